The molecule has 0 bridgehead atoms. The maximum Gasteiger partial charge on any atom is 0.345 e. The van der Waals surface area contributed by atoms with Gasteiger partial charge >= 0.3 is 5.63 Å². The SMILES string of the molecule is O=c1oc2cc(OC/C=C/c3ccccc3)ccc2cc1-c1ccccn1. The van der Waals surface area contributed by atoms with Gasteiger partial charge in [0, 0.05) is 17.6 Å². The van der Waals surface area contributed by atoms with Crippen molar-refractivity contribution >= 4 is 17.0 Å². The van der Waals surface area contributed by atoms with Crippen LogP contribution in [0.1, 0.15) is 5.56 Å². The molecule has 0 spiro atoms. The minimum Gasteiger partial charge on any atom is -0.489 e. The van der Waals surface area contributed by atoms with Crippen LogP contribution in [0.3, 0.4) is 0 Å². The highest BCUT2D eigenvalue weighted by atomic mass is 16.5. The molecule has 27 heavy (non-hydrogen) atoms. The van der Waals surface area contributed by atoms with E-state index in [0.29, 0.717) is 29.2 Å². The molecule has 2 aromatic heterocycles. The number of aromatic nitrogens is 1. The Morgan fingerprint density at radius 3 is 2.63 bits per heavy atom. The van der Waals surface area contributed by atoms with Crippen molar-refractivity contribution < 1.29 is 9.15 Å². The molecule has 0 unspecified atom stereocenters. The van der Waals surface area contributed by atoms with Gasteiger partial charge < -0.3 is 9.15 Å². The Morgan fingerprint density at radius 2 is 1.81 bits per heavy atom. The van der Waals surface area contributed by atoms with Crippen molar-refractivity contribution in [2.75, 3.05) is 6.61 Å². The predicted molar refractivity (Wildman–Crippen MR) is 107 cm³/mol. The third kappa shape index (κ3) is 3.96. The molecule has 0 radical (unpaired) electrons. The Hall–Kier alpha value is -3.66. The fraction of sp³-hybridized carbons (Fsp3) is 0.0435. The average molecular weight is 355 g/mol. The van der Waals surface area contributed by atoms with E-state index in [4.69, 9.17) is 9.15 Å². The molecule has 2 aromatic carbocycles. The Morgan fingerprint density at radius 1 is 0.963 bits per heavy atom. The van der Waals surface area contributed by atoms with E-state index in [2.05, 4.69) is 4.98 Å². The van der Waals surface area contributed by atoms with Gasteiger partial charge in [-0.3, -0.25) is 4.98 Å². The van der Waals surface area contributed by atoms with Crippen molar-refractivity contribution in [1.82, 2.24) is 4.98 Å². The number of benzene rings is 2. The molecule has 4 nitrogen and oxygen atoms in total. The molecule has 0 aliphatic heterocycles. The molecule has 0 N–H and O–H groups in total. The van der Waals surface area contributed by atoms with Crippen LogP contribution >= 0.6 is 0 Å². The van der Waals surface area contributed by atoms with Crippen molar-refractivity contribution in [3.8, 4) is 17.0 Å². The number of hydrogen-bond donors (Lipinski definition) is 0. The first-order chi connectivity index (χ1) is 13.3. The van der Waals surface area contributed by atoms with Gasteiger partial charge in [0.25, 0.3) is 0 Å². The van der Waals surface area contributed by atoms with Crippen molar-refractivity contribution in [3.05, 3.63) is 101 Å². The molecule has 4 rings (SSSR count). The molecule has 0 atom stereocenters. The largest absolute Gasteiger partial charge is 0.489 e. The third-order valence-corrected chi connectivity index (χ3v) is 4.10. The standard InChI is InChI=1S/C23H17NO3/c25-23-20(21-10-4-5-13-24-21)15-18-11-12-19(16-22(18)27-23)26-14-6-9-17-7-2-1-3-8-17/h1-13,15-16H,14H2/b9-6+. The summed E-state index contributed by atoms with van der Waals surface area (Å²) in [5.74, 6) is 0.647. The normalized spacial score (nSPS) is 11.1. The van der Waals surface area contributed by atoms with Crippen molar-refractivity contribution in [2.45, 2.75) is 0 Å². The third-order valence-electron chi connectivity index (χ3n) is 4.10. The number of rotatable bonds is 5. The fourth-order valence-corrected chi connectivity index (χ4v) is 2.77. The van der Waals surface area contributed by atoms with Crippen molar-refractivity contribution in [1.29, 1.82) is 0 Å². The van der Waals surface area contributed by atoms with Gasteiger partial charge in [0.2, 0.25) is 0 Å². The van der Waals surface area contributed by atoms with E-state index in [1.807, 2.05) is 66.7 Å². The van der Waals surface area contributed by atoms with Gasteiger partial charge in [0.15, 0.2) is 0 Å². The zero-order valence-electron chi connectivity index (χ0n) is 14.5. The van der Waals surface area contributed by atoms with Gasteiger partial charge in [-0.05, 0) is 42.0 Å². The first-order valence-corrected chi connectivity index (χ1v) is 8.63. The lowest BCUT2D eigenvalue weighted by atomic mass is 10.1. The van der Waals surface area contributed by atoms with Crippen LogP contribution in [-0.2, 0) is 0 Å². The van der Waals surface area contributed by atoms with Gasteiger partial charge in [-0.15, -0.1) is 0 Å². The van der Waals surface area contributed by atoms with E-state index >= 15 is 0 Å². The Balaban J connectivity index is 1.53. The number of fused-ring (bicyclic) bond motifs is 1. The minimum atomic E-state index is -0.415. The summed E-state index contributed by atoms with van der Waals surface area (Å²) >= 11 is 0. The second-order valence-corrected chi connectivity index (χ2v) is 5.99. The Kier molecular flexibility index (Phi) is 4.79. The number of nitrogens with zero attached hydrogens (tertiary/aromatic N) is 1. The second-order valence-electron chi connectivity index (χ2n) is 5.99. The quantitative estimate of drug-likeness (QED) is 0.476. The molecule has 0 saturated carbocycles. The molecule has 0 fully saturated rings. The lowest BCUT2D eigenvalue weighted by Gasteiger charge is -2.05. The molecular weight excluding hydrogens is 338 g/mol. The molecule has 4 heteroatoms. The van der Waals surface area contributed by atoms with E-state index in [1.54, 1.807) is 24.4 Å². The average Bonchev–Trinajstić information content (AvgIpc) is 2.72. The van der Waals surface area contributed by atoms with E-state index in [1.165, 1.54) is 0 Å². The lowest BCUT2D eigenvalue weighted by Crippen LogP contribution is -2.03. The number of ether oxygens (including phenoxy) is 1. The van der Waals surface area contributed by atoms with Crippen LogP contribution in [0.25, 0.3) is 28.3 Å². The van der Waals surface area contributed by atoms with Crippen molar-refractivity contribution in [3.63, 3.8) is 0 Å². The van der Waals surface area contributed by atoms with E-state index in [9.17, 15) is 4.79 Å². The predicted octanol–water partition coefficient (Wildman–Crippen LogP) is 4.95. The molecular formula is C23H17NO3. The molecule has 0 saturated heterocycles. The molecule has 0 aliphatic rings. The maximum atomic E-state index is 12.3. The summed E-state index contributed by atoms with van der Waals surface area (Å²) in [6.45, 7) is 0.427. The highest BCUT2D eigenvalue weighted by molar-refractivity contribution is 5.82. The van der Waals surface area contributed by atoms with Crippen LogP contribution in [0.4, 0.5) is 0 Å². The summed E-state index contributed by atoms with van der Waals surface area (Å²) in [5, 5.41) is 0.822. The monoisotopic (exact) mass is 355 g/mol. The summed E-state index contributed by atoms with van der Waals surface area (Å²) in [4.78, 5) is 16.5. The summed E-state index contributed by atoms with van der Waals surface area (Å²) in [6, 6.07) is 22.7. The molecule has 4 aromatic rings. The van der Waals surface area contributed by atoms with Gasteiger partial charge in [-0.25, -0.2) is 4.79 Å². The summed E-state index contributed by atoms with van der Waals surface area (Å²) in [6.07, 6.45) is 5.60. The number of pyridine rings is 1. The lowest BCUT2D eigenvalue weighted by molar-refractivity contribution is 0.363. The van der Waals surface area contributed by atoms with Crippen LogP contribution in [0, 0.1) is 0 Å². The first kappa shape index (κ1) is 16.8. The van der Waals surface area contributed by atoms with Crippen LogP contribution in [-0.4, -0.2) is 11.6 Å². The number of hydrogen-bond acceptors (Lipinski definition) is 4. The zero-order chi connectivity index (χ0) is 18.5. The highest BCUT2D eigenvalue weighted by Crippen LogP contribution is 2.23. The first-order valence-electron chi connectivity index (χ1n) is 8.63. The zero-order valence-corrected chi connectivity index (χ0v) is 14.5. The summed E-state index contributed by atoms with van der Waals surface area (Å²) < 4.78 is 11.2. The van der Waals surface area contributed by atoms with Crippen molar-refractivity contribution in [2.24, 2.45) is 0 Å². The van der Waals surface area contributed by atoms with Crippen LogP contribution in [0.5, 0.6) is 5.75 Å². The van der Waals surface area contributed by atoms with Crippen LogP contribution < -0.4 is 10.4 Å². The van der Waals surface area contributed by atoms with Gasteiger partial charge in [-0.1, -0.05) is 42.5 Å². The maximum absolute atomic E-state index is 12.3. The topological polar surface area (TPSA) is 52.3 Å². The van der Waals surface area contributed by atoms with Crippen LogP contribution in [0.15, 0.2) is 94.3 Å². The second kappa shape index (κ2) is 7.70. The molecule has 132 valence electrons. The Bertz CT molecular complexity index is 1130. The highest BCUT2D eigenvalue weighted by Gasteiger charge is 2.09. The Labute approximate surface area is 156 Å². The molecule has 0 amide bonds. The van der Waals surface area contributed by atoms with Gasteiger partial charge in [0.1, 0.15) is 17.9 Å². The fourth-order valence-electron chi connectivity index (χ4n) is 2.77. The van der Waals surface area contributed by atoms with Gasteiger partial charge in [0.05, 0.1) is 11.3 Å². The van der Waals surface area contributed by atoms with Crippen LogP contribution in [0.2, 0.25) is 0 Å². The smallest absolute Gasteiger partial charge is 0.345 e. The minimum absolute atomic E-state index is 0.415. The van der Waals surface area contributed by atoms with E-state index in [-0.39, 0.29) is 0 Å². The van der Waals surface area contributed by atoms with E-state index < -0.39 is 5.63 Å². The summed E-state index contributed by atoms with van der Waals surface area (Å²) in [7, 11) is 0. The van der Waals surface area contributed by atoms with E-state index in [0.717, 1.165) is 10.9 Å². The van der Waals surface area contributed by atoms with Gasteiger partial charge in [-0.2, -0.15) is 0 Å². The summed E-state index contributed by atoms with van der Waals surface area (Å²) in [5.41, 5.74) is 2.24. The molecule has 2 heterocycles. The molecule has 0 aliphatic carbocycles.